The fraction of sp³-hybridized carbons (Fsp3) is 0.100. The predicted molar refractivity (Wildman–Crippen MR) is 56.3 cm³/mol. The standard InChI is InChI=1S/C10H9FNOP/c1-2-8-7(5-14)3-6(10(12)13)4-9(8)11/h1,3-4H,5,14H2,(H2,12,13). The first-order chi connectivity index (χ1) is 6.60. The molecule has 14 heavy (non-hydrogen) atoms. The minimum absolute atomic E-state index is 0.138. The van der Waals surface area contributed by atoms with E-state index in [2.05, 4.69) is 15.2 Å². The summed E-state index contributed by atoms with van der Waals surface area (Å²) in [6.07, 6.45) is 5.62. The number of hydrogen-bond donors (Lipinski definition) is 1. The summed E-state index contributed by atoms with van der Waals surface area (Å²) in [7, 11) is 2.42. The van der Waals surface area contributed by atoms with Gasteiger partial charge in [-0.1, -0.05) is 5.92 Å². The molecule has 1 aromatic carbocycles. The summed E-state index contributed by atoms with van der Waals surface area (Å²) in [6.45, 7) is 0. The normalized spacial score (nSPS) is 9.50. The van der Waals surface area contributed by atoms with E-state index in [0.717, 1.165) is 6.07 Å². The zero-order valence-corrected chi connectivity index (χ0v) is 8.53. The quantitative estimate of drug-likeness (QED) is 0.578. The van der Waals surface area contributed by atoms with Gasteiger partial charge >= 0.3 is 0 Å². The highest BCUT2D eigenvalue weighted by Gasteiger charge is 2.10. The van der Waals surface area contributed by atoms with Gasteiger partial charge in [-0.05, 0) is 23.9 Å². The molecule has 0 saturated heterocycles. The van der Waals surface area contributed by atoms with Crippen molar-refractivity contribution in [3.8, 4) is 12.3 Å². The third-order valence-electron chi connectivity index (χ3n) is 1.82. The van der Waals surface area contributed by atoms with Crippen LogP contribution in [0.1, 0.15) is 21.5 Å². The second-order valence-corrected chi connectivity index (χ2v) is 3.11. The van der Waals surface area contributed by atoms with E-state index in [9.17, 15) is 9.18 Å². The molecule has 2 N–H and O–H groups in total. The van der Waals surface area contributed by atoms with Crippen LogP contribution in [0.4, 0.5) is 4.39 Å². The molecule has 72 valence electrons. The van der Waals surface area contributed by atoms with Crippen molar-refractivity contribution in [3.05, 3.63) is 34.6 Å². The average molecular weight is 209 g/mol. The lowest BCUT2D eigenvalue weighted by atomic mass is 10.0. The summed E-state index contributed by atoms with van der Waals surface area (Å²) >= 11 is 0. The van der Waals surface area contributed by atoms with Crippen LogP contribution in [0.3, 0.4) is 0 Å². The molecule has 0 aliphatic carbocycles. The van der Waals surface area contributed by atoms with Gasteiger partial charge in [-0.2, -0.15) is 0 Å². The van der Waals surface area contributed by atoms with Crippen molar-refractivity contribution in [1.29, 1.82) is 0 Å². The van der Waals surface area contributed by atoms with Crippen LogP contribution >= 0.6 is 9.24 Å². The van der Waals surface area contributed by atoms with Crippen molar-refractivity contribution in [2.45, 2.75) is 6.16 Å². The smallest absolute Gasteiger partial charge is 0.248 e. The molecule has 1 atom stereocenters. The van der Waals surface area contributed by atoms with Crippen LogP contribution in [-0.2, 0) is 6.16 Å². The van der Waals surface area contributed by atoms with E-state index in [0.29, 0.717) is 11.7 Å². The molecular formula is C10H9FNOP. The first kappa shape index (κ1) is 10.7. The number of hydrogen-bond acceptors (Lipinski definition) is 1. The minimum Gasteiger partial charge on any atom is -0.366 e. The largest absolute Gasteiger partial charge is 0.366 e. The van der Waals surface area contributed by atoms with Gasteiger partial charge < -0.3 is 5.73 Å². The summed E-state index contributed by atoms with van der Waals surface area (Å²) in [5, 5.41) is 0. The first-order valence-electron chi connectivity index (χ1n) is 3.89. The van der Waals surface area contributed by atoms with Gasteiger partial charge in [-0.3, -0.25) is 4.79 Å². The van der Waals surface area contributed by atoms with E-state index in [1.165, 1.54) is 6.07 Å². The van der Waals surface area contributed by atoms with Gasteiger partial charge in [0.25, 0.3) is 0 Å². The lowest BCUT2D eigenvalue weighted by Crippen LogP contribution is -2.12. The monoisotopic (exact) mass is 209 g/mol. The lowest BCUT2D eigenvalue weighted by Gasteiger charge is -2.05. The summed E-state index contributed by atoms with van der Waals surface area (Å²) in [6, 6.07) is 2.56. The average Bonchev–Trinajstić information content (AvgIpc) is 2.16. The Balaban J connectivity index is 3.40. The Morgan fingerprint density at radius 3 is 2.71 bits per heavy atom. The fourth-order valence-electron chi connectivity index (χ4n) is 1.13. The highest BCUT2D eigenvalue weighted by molar-refractivity contribution is 7.15. The van der Waals surface area contributed by atoms with Gasteiger partial charge in [0.15, 0.2) is 0 Å². The van der Waals surface area contributed by atoms with Gasteiger partial charge in [0, 0.05) is 5.56 Å². The Kier molecular flexibility index (Phi) is 3.22. The second kappa shape index (κ2) is 4.21. The minimum atomic E-state index is -0.660. The molecule has 1 aromatic rings. The number of carbonyl (C=O) groups excluding carboxylic acids is 1. The predicted octanol–water partition coefficient (Wildman–Crippen LogP) is 1.28. The van der Waals surface area contributed by atoms with Crippen molar-refractivity contribution < 1.29 is 9.18 Å². The molecule has 1 amide bonds. The van der Waals surface area contributed by atoms with E-state index in [1.54, 1.807) is 0 Å². The van der Waals surface area contributed by atoms with Crippen molar-refractivity contribution >= 4 is 15.1 Å². The molecule has 0 radical (unpaired) electrons. The fourth-order valence-corrected chi connectivity index (χ4v) is 1.45. The number of nitrogens with two attached hydrogens (primary N) is 1. The van der Waals surface area contributed by atoms with Crippen molar-refractivity contribution in [1.82, 2.24) is 0 Å². The maximum atomic E-state index is 13.3. The Labute approximate surface area is 83.9 Å². The maximum Gasteiger partial charge on any atom is 0.248 e. The Morgan fingerprint density at radius 2 is 2.29 bits per heavy atom. The SMILES string of the molecule is C#Cc1c(F)cc(C(N)=O)cc1CP. The number of terminal acetylenes is 1. The molecule has 0 fully saturated rings. The topological polar surface area (TPSA) is 43.1 Å². The van der Waals surface area contributed by atoms with Gasteiger partial charge in [0.2, 0.25) is 5.91 Å². The molecule has 2 nitrogen and oxygen atoms in total. The second-order valence-electron chi connectivity index (χ2n) is 2.70. The molecule has 1 rings (SSSR count). The highest BCUT2D eigenvalue weighted by atomic mass is 31.0. The molecule has 0 aliphatic rings. The Morgan fingerprint density at radius 1 is 1.64 bits per heavy atom. The number of carbonyl (C=O) groups is 1. The lowest BCUT2D eigenvalue weighted by molar-refractivity contribution is 0.1000. The van der Waals surface area contributed by atoms with Crippen molar-refractivity contribution in [2.75, 3.05) is 0 Å². The van der Waals surface area contributed by atoms with Crippen LogP contribution in [0.15, 0.2) is 12.1 Å². The van der Waals surface area contributed by atoms with Gasteiger partial charge in [-0.25, -0.2) is 4.39 Å². The Bertz CT molecular complexity index is 423. The third-order valence-corrected chi connectivity index (χ3v) is 2.26. The van der Waals surface area contributed by atoms with E-state index in [-0.39, 0.29) is 11.1 Å². The van der Waals surface area contributed by atoms with Gasteiger partial charge in [0.1, 0.15) is 5.82 Å². The summed E-state index contributed by atoms with van der Waals surface area (Å²) in [4.78, 5) is 10.8. The van der Waals surface area contributed by atoms with Crippen LogP contribution in [-0.4, -0.2) is 5.91 Å². The molecule has 4 heteroatoms. The number of rotatable bonds is 2. The van der Waals surface area contributed by atoms with Crippen LogP contribution in [0.5, 0.6) is 0 Å². The number of amides is 1. The van der Waals surface area contributed by atoms with Gasteiger partial charge in [0.05, 0.1) is 5.56 Å². The Hall–Kier alpha value is -1.39. The zero-order chi connectivity index (χ0) is 10.7. The molecule has 0 heterocycles. The summed E-state index contributed by atoms with van der Waals surface area (Å²) in [5.41, 5.74) is 5.95. The van der Waals surface area contributed by atoms with Crippen LogP contribution in [0, 0.1) is 18.2 Å². The molecule has 0 saturated carbocycles. The van der Waals surface area contributed by atoms with Crippen molar-refractivity contribution in [2.24, 2.45) is 5.73 Å². The number of primary amides is 1. The summed E-state index contributed by atoms with van der Waals surface area (Å²) < 4.78 is 13.3. The molecule has 0 aromatic heterocycles. The molecule has 1 unspecified atom stereocenters. The zero-order valence-electron chi connectivity index (χ0n) is 7.38. The third kappa shape index (κ3) is 1.92. The van der Waals surface area contributed by atoms with Crippen molar-refractivity contribution in [3.63, 3.8) is 0 Å². The van der Waals surface area contributed by atoms with Gasteiger partial charge in [-0.15, -0.1) is 15.7 Å². The molecule has 0 spiro atoms. The van der Waals surface area contributed by atoms with E-state index >= 15 is 0 Å². The first-order valence-corrected chi connectivity index (χ1v) is 4.70. The van der Waals surface area contributed by atoms with Crippen LogP contribution < -0.4 is 5.73 Å². The maximum absolute atomic E-state index is 13.3. The van der Waals surface area contributed by atoms with Crippen LogP contribution in [0.2, 0.25) is 0 Å². The molecular weight excluding hydrogens is 200 g/mol. The highest BCUT2D eigenvalue weighted by Crippen LogP contribution is 2.18. The molecule has 0 bridgehead atoms. The molecule has 0 aliphatic heterocycles. The van der Waals surface area contributed by atoms with E-state index < -0.39 is 11.7 Å². The summed E-state index contributed by atoms with van der Waals surface area (Å²) in [5.74, 6) is 0.998. The van der Waals surface area contributed by atoms with E-state index in [1.807, 2.05) is 0 Å². The number of benzene rings is 1. The number of halogens is 1. The van der Waals surface area contributed by atoms with Crippen LogP contribution in [0.25, 0.3) is 0 Å². The van der Waals surface area contributed by atoms with E-state index in [4.69, 9.17) is 12.2 Å².